The van der Waals surface area contributed by atoms with Crippen LogP contribution in [0.1, 0.15) is 0 Å². The van der Waals surface area contributed by atoms with E-state index >= 15 is 0 Å². The molecule has 0 saturated heterocycles. The van der Waals surface area contributed by atoms with Gasteiger partial charge in [0, 0.05) is 5.56 Å². The van der Waals surface area contributed by atoms with Gasteiger partial charge in [-0.25, -0.2) is 9.18 Å². The van der Waals surface area contributed by atoms with Crippen LogP contribution in [0.15, 0.2) is 75.9 Å². The van der Waals surface area contributed by atoms with Crippen molar-refractivity contribution in [3.05, 3.63) is 83.1 Å². The van der Waals surface area contributed by atoms with E-state index in [0.29, 0.717) is 11.3 Å². The molecule has 3 aromatic carbocycles. The van der Waals surface area contributed by atoms with Gasteiger partial charge in [-0.3, -0.25) is 0 Å². The normalized spacial score (nSPS) is 12.2. The van der Waals surface area contributed by atoms with Crippen LogP contribution < -0.4 is 10.5 Å². The average molecular weight is 380 g/mol. The number of hydrogen-bond donors (Lipinski definition) is 1. The van der Waals surface area contributed by atoms with Crippen LogP contribution in [0.5, 0.6) is 5.75 Å². The summed E-state index contributed by atoms with van der Waals surface area (Å²) >= 11 is 0. The van der Waals surface area contributed by atoms with E-state index < -0.39 is 17.7 Å². The topological polar surface area (TPSA) is 77.5 Å². The molecule has 28 heavy (non-hydrogen) atoms. The van der Waals surface area contributed by atoms with Gasteiger partial charge in [0.15, 0.2) is 0 Å². The molecule has 4 aromatic rings. The summed E-state index contributed by atoms with van der Waals surface area (Å²) in [4.78, 5) is 11.9. The Hall–Kier alpha value is -3.45. The predicted molar refractivity (Wildman–Crippen MR) is 102 cm³/mol. The molecule has 0 spiro atoms. The van der Waals surface area contributed by atoms with Crippen molar-refractivity contribution >= 4 is 10.8 Å². The summed E-state index contributed by atoms with van der Waals surface area (Å²) in [7, 11) is 0. The van der Waals surface area contributed by atoms with E-state index in [2.05, 4.69) is 5.10 Å². The van der Waals surface area contributed by atoms with E-state index in [9.17, 15) is 14.3 Å². The minimum atomic E-state index is -0.963. The zero-order chi connectivity index (χ0) is 19.5. The van der Waals surface area contributed by atoms with Crippen LogP contribution >= 0.6 is 0 Å². The van der Waals surface area contributed by atoms with Crippen LogP contribution in [-0.4, -0.2) is 27.6 Å². The number of nitrogens with zero attached hydrogens (tertiary/aromatic N) is 2. The molecule has 142 valence electrons. The second-order valence-electron chi connectivity index (χ2n) is 6.34. The molecule has 0 fully saturated rings. The highest BCUT2D eigenvalue weighted by molar-refractivity contribution is 5.83. The average Bonchev–Trinajstić information content (AvgIpc) is 3.07. The highest BCUT2D eigenvalue weighted by atomic mass is 19.1. The van der Waals surface area contributed by atoms with Crippen LogP contribution in [0.2, 0.25) is 0 Å². The molecule has 1 heterocycles. The van der Waals surface area contributed by atoms with E-state index in [1.54, 1.807) is 0 Å². The summed E-state index contributed by atoms with van der Waals surface area (Å²) in [6.07, 6.45) is -0.963. The number of fused-ring (bicyclic) bond motifs is 1. The lowest BCUT2D eigenvalue weighted by molar-refractivity contribution is 0.0876. The number of aliphatic hydroxyl groups is 1. The molecular weight excluding hydrogens is 363 g/mol. The second kappa shape index (κ2) is 7.66. The van der Waals surface area contributed by atoms with E-state index in [-0.39, 0.29) is 19.0 Å². The Morgan fingerprint density at radius 3 is 2.61 bits per heavy atom. The van der Waals surface area contributed by atoms with Gasteiger partial charge in [-0.15, -0.1) is 5.10 Å². The van der Waals surface area contributed by atoms with Crippen molar-refractivity contribution in [1.82, 2.24) is 9.78 Å². The largest absolute Gasteiger partial charge is 0.491 e. The standard InChI is InChI=1S/C21H17FN2O4/c22-17-8-5-15(6-9-17)20-23-24(21(26)28-20)12-18(25)13-27-19-10-7-14-3-1-2-4-16(14)11-19/h1-11,18,25H,12-13H2/t18-/m0/s1. The highest BCUT2D eigenvalue weighted by Crippen LogP contribution is 2.21. The Morgan fingerprint density at radius 1 is 1.07 bits per heavy atom. The van der Waals surface area contributed by atoms with Crippen molar-refractivity contribution in [3.63, 3.8) is 0 Å². The summed E-state index contributed by atoms with van der Waals surface area (Å²) < 4.78 is 24.7. The first kappa shape index (κ1) is 17.9. The van der Waals surface area contributed by atoms with Crippen molar-refractivity contribution in [2.24, 2.45) is 0 Å². The molecule has 0 unspecified atom stereocenters. The number of aliphatic hydroxyl groups excluding tert-OH is 1. The van der Waals surface area contributed by atoms with Gasteiger partial charge in [0.25, 0.3) is 0 Å². The van der Waals surface area contributed by atoms with Crippen molar-refractivity contribution < 1.29 is 18.7 Å². The number of halogens is 1. The van der Waals surface area contributed by atoms with Crippen LogP contribution in [0.4, 0.5) is 4.39 Å². The van der Waals surface area contributed by atoms with E-state index in [0.717, 1.165) is 15.5 Å². The molecule has 1 N–H and O–H groups in total. The van der Waals surface area contributed by atoms with Gasteiger partial charge in [0.05, 0.1) is 6.54 Å². The molecule has 0 aliphatic carbocycles. The van der Waals surface area contributed by atoms with Crippen molar-refractivity contribution in [2.45, 2.75) is 12.6 Å². The molecule has 0 bridgehead atoms. The van der Waals surface area contributed by atoms with Crippen LogP contribution in [-0.2, 0) is 6.54 Å². The smallest absolute Gasteiger partial charge is 0.437 e. The predicted octanol–water partition coefficient (Wildman–Crippen LogP) is 3.24. The summed E-state index contributed by atoms with van der Waals surface area (Å²) in [6.45, 7) is -0.0966. The summed E-state index contributed by atoms with van der Waals surface area (Å²) in [5.74, 6) is -0.416. The van der Waals surface area contributed by atoms with Gasteiger partial charge in [-0.05, 0) is 47.2 Å². The van der Waals surface area contributed by atoms with Crippen LogP contribution in [0.3, 0.4) is 0 Å². The van der Waals surface area contributed by atoms with Gasteiger partial charge < -0.3 is 14.3 Å². The number of hydrogen-bond acceptors (Lipinski definition) is 5. The molecule has 0 amide bonds. The maximum atomic E-state index is 13.0. The number of aromatic nitrogens is 2. The summed E-state index contributed by atoms with van der Waals surface area (Å²) in [5.41, 5.74) is 0.471. The minimum absolute atomic E-state index is 0.0104. The fourth-order valence-corrected chi connectivity index (χ4v) is 2.83. The third-order valence-electron chi connectivity index (χ3n) is 4.24. The van der Waals surface area contributed by atoms with Crippen LogP contribution in [0, 0.1) is 5.82 Å². The quantitative estimate of drug-likeness (QED) is 0.556. The zero-order valence-electron chi connectivity index (χ0n) is 14.8. The lowest BCUT2D eigenvalue weighted by Crippen LogP contribution is -2.29. The molecule has 0 radical (unpaired) electrons. The summed E-state index contributed by atoms with van der Waals surface area (Å²) in [6, 6.07) is 19.0. The Labute approximate surface area is 159 Å². The Bertz CT molecular complexity index is 1150. The first-order valence-corrected chi connectivity index (χ1v) is 8.72. The van der Waals surface area contributed by atoms with E-state index in [4.69, 9.17) is 9.15 Å². The Morgan fingerprint density at radius 2 is 1.82 bits per heavy atom. The monoisotopic (exact) mass is 380 g/mol. The maximum absolute atomic E-state index is 13.0. The maximum Gasteiger partial charge on any atom is 0.437 e. The van der Waals surface area contributed by atoms with Crippen LogP contribution in [0.25, 0.3) is 22.2 Å². The van der Waals surface area contributed by atoms with Crippen molar-refractivity contribution in [1.29, 1.82) is 0 Å². The van der Waals surface area contributed by atoms with Gasteiger partial charge in [0.2, 0.25) is 5.89 Å². The van der Waals surface area contributed by atoms with Gasteiger partial charge in [-0.1, -0.05) is 30.3 Å². The van der Waals surface area contributed by atoms with Crippen molar-refractivity contribution in [3.8, 4) is 17.2 Å². The second-order valence-corrected chi connectivity index (χ2v) is 6.34. The third kappa shape index (κ3) is 3.94. The molecule has 0 aliphatic rings. The molecule has 7 heteroatoms. The molecule has 1 aromatic heterocycles. The number of rotatable bonds is 6. The fourth-order valence-electron chi connectivity index (χ4n) is 2.83. The fraction of sp³-hybridized carbons (Fsp3) is 0.143. The number of ether oxygens (including phenoxy) is 1. The van der Waals surface area contributed by atoms with Gasteiger partial charge >= 0.3 is 5.76 Å². The molecule has 6 nitrogen and oxygen atoms in total. The minimum Gasteiger partial charge on any atom is -0.491 e. The summed E-state index contributed by atoms with van der Waals surface area (Å²) in [5, 5.41) is 16.4. The Balaban J connectivity index is 1.41. The molecule has 0 aliphatic heterocycles. The molecule has 0 saturated carbocycles. The molecular formula is C21H17FN2O4. The molecule has 4 rings (SSSR count). The number of benzene rings is 3. The first-order valence-electron chi connectivity index (χ1n) is 8.72. The van der Waals surface area contributed by atoms with Gasteiger partial charge in [0.1, 0.15) is 24.3 Å². The van der Waals surface area contributed by atoms with E-state index in [1.165, 1.54) is 24.3 Å². The van der Waals surface area contributed by atoms with Gasteiger partial charge in [-0.2, -0.15) is 4.68 Å². The Kier molecular flexibility index (Phi) is 4.90. The highest BCUT2D eigenvalue weighted by Gasteiger charge is 2.14. The first-order chi connectivity index (χ1) is 13.6. The van der Waals surface area contributed by atoms with Crippen molar-refractivity contribution in [2.75, 3.05) is 6.61 Å². The zero-order valence-corrected chi connectivity index (χ0v) is 14.8. The lowest BCUT2D eigenvalue weighted by Gasteiger charge is -2.12. The SMILES string of the molecule is O=c1oc(-c2ccc(F)cc2)nn1C[C@H](O)COc1ccc2ccccc2c1. The molecule has 1 atom stereocenters. The lowest BCUT2D eigenvalue weighted by atomic mass is 10.1. The third-order valence-corrected chi connectivity index (χ3v) is 4.24. The van der Waals surface area contributed by atoms with E-state index in [1.807, 2.05) is 42.5 Å².